The van der Waals surface area contributed by atoms with E-state index in [1.807, 2.05) is 19.9 Å². The molecule has 2 atom stereocenters. The first-order valence-corrected chi connectivity index (χ1v) is 13.2. The highest BCUT2D eigenvalue weighted by molar-refractivity contribution is 6.37. The second kappa shape index (κ2) is 11.4. The lowest BCUT2D eigenvalue weighted by Gasteiger charge is -2.32. The number of carbonyl (C=O) groups is 2. The minimum Gasteiger partial charge on any atom is -0.481 e. The number of carbonyl (C=O) groups excluding carboxylic acids is 1. The Hall–Kier alpha value is -2.35. The molecule has 0 saturated carbocycles. The number of aromatic nitrogens is 1. The largest absolute Gasteiger partial charge is 0.481 e. The van der Waals surface area contributed by atoms with E-state index in [1.165, 1.54) is 0 Å². The van der Waals surface area contributed by atoms with Gasteiger partial charge >= 0.3 is 5.97 Å². The van der Waals surface area contributed by atoms with Gasteiger partial charge in [0.25, 0.3) is 5.91 Å². The number of ether oxygens (including phenoxy) is 2. The van der Waals surface area contributed by atoms with Gasteiger partial charge in [0.2, 0.25) is 5.88 Å². The number of benzene rings is 1. The number of carboxylic acid groups (broad SMARTS) is 1. The Morgan fingerprint density at radius 3 is 2.78 bits per heavy atom. The molecule has 4 rings (SSSR count). The highest BCUT2D eigenvalue weighted by atomic mass is 35.5. The molecule has 0 spiro atoms. The van der Waals surface area contributed by atoms with E-state index in [-0.39, 0.29) is 16.8 Å². The second-order valence-corrected chi connectivity index (χ2v) is 10.4. The molecule has 1 aromatic carbocycles. The molecule has 2 aliphatic rings. The predicted octanol–water partition coefficient (Wildman–Crippen LogP) is 5.59. The van der Waals surface area contributed by atoms with Gasteiger partial charge in [0, 0.05) is 35.3 Å². The van der Waals surface area contributed by atoms with Crippen LogP contribution in [0.1, 0.15) is 70.4 Å². The number of aryl methyl sites for hydroxylation is 2. The minimum absolute atomic E-state index is 0.168. The number of halogens is 2. The molecule has 194 valence electrons. The molecule has 1 aromatic heterocycles. The summed E-state index contributed by atoms with van der Waals surface area (Å²) in [7, 11) is 0. The topological polar surface area (TPSA) is 89.0 Å². The number of pyridine rings is 1. The number of unbranched alkanes of at least 4 members (excludes halogenated alkanes) is 1. The average molecular weight is 535 g/mol. The van der Waals surface area contributed by atoms with Crippen molar-refractivity contribution in [3.8, 4) is 5.88 Å². The molecular formula is C27H32Cl2N2O5. The van der Waals surface area contributed by atoms with Crippen molar-refractivity contribution >= 4 is 35.1 Å². The van der Waals surface area contributed by atoms with E-state index in [0.29, 0.717) is 73.3 Å². The first kappa shape index (κ1) is 26.7. The highest BCUT2D eigenvalue weighted by Crippen LogP contribution is 2.42. The van der Waals surface area contributed by atoms with Gasteiger partial charge in [0.15, 0.2) is 0 Å². The van der Waals surface area contributed by atoms with Gasteiger partial charge in [-0.25, -0.2) is 4.98 Å². The summed E-state index contributed by atoms with van der Waals surface area (Å²) in [4.78, 5) is 32.3. The third-order valence-corrected chi connectivity index (χ3v) is 7.78. The molecule has 36 heavy (non-hydrogen) atoms. The van der Waals surface area contributed by atoms with Crippen LogP contribution in [0, 0.1) is 19.8 Å². The normalized spacial score (nSPS) is 18.3. The van der Waals surface area contributed by atoms with Crippen molar-refractivity contribution < 1.29 is 24.2 Å². The molecule has 3 heterocycles. The number of carboxylic acids is 1. The van der Waals surface area contributed by atoms with Gasteiger partial charge in [-0.05, 0) is 61.9 Å². The predicted molar refractivity (Wildman–Crippen MR) is 138 cm³/mol. The SMILES string of the molecule is CCCCOc1nc(C)cc(C)c1CN1CCc2c(Cl)cc(C(C(=O)O)C3CCOC3)c(Cl)c2C1=O. The lowest BCUT2D eigenvalue weighted by Crippen LogP contribution is -2.38. The van der Waals surface area contributed by atoms with Gasteiger partial charge in [-0.3, -0.25) is 9.59 Å². The summed E-state index contributed by atoms with van der Waals surface area (Å²) in [5.41, 5.74) is 4.04. The van der Waals surface area contributed by atoms with E-state index in [9.17, 15) is 14.7 Å². The standard InChI is InChI=1S/C27H32Cl2N2O5/c1-4-5-9-36-25-20(15(2)11-16(3)30-25)13-31-8-6-18-21(28)12-19(24(29)23(18)26(31)32)22(27(33)34)17-7-10-35-14-17/h11-12,17,22H,4-10,13-14H2,1-3H3,(H,33,34). The highest BCUT2D eigenvalue weighted by Gasteiger charge is 2.38. The number of aliphatic carboxylic acids is 1. The van der Waals surface area contributed by atoms with E-state index in [0.717, 1.165) is 29.7 Å². The number of nitrogens with zero attached hydrogens (tertiary/aromatic N) is 2. The maximum atomic E-state index is 13.8. The smallest absolute Gasteiger partial charge is 0.311 e. The molecule has 1 amide bonds. The van der Waals surface area contributed by atoms with Gasteiger partial charge in [-0.1, -0.05) is 36.5 Å². The van der Waals surface area contributed by atoms with Gasteiger partial charge in [0.05, 0.1) is 36.3 Å². The fraction of sp³-hybridized carbons (Fsp3) is 0.519. The molecule has 9 heteroatoms. The molecule has 2 aromatic rings. The van der Waals surface area contributed by atoms with Crippen LogP contribution in [-0.2, 0) is 22.5 Å². The Morgan fingerprint density at radius 1 is 1.33 bits per heavy atom. The van der Waals surface area contributed by atoms with Crippen LogP contribution in [0.25, 0.3) is 0 Å². The number of hydrogen-bond donors (Lipinski definition) is 1. The third-order valence-electron chi connectivity index (χ3n) is 7.04. The van der Waals surface area contributed by atoms with Crippen molar-refractivity contribution in [2.24, 2.45) is 5.92 Å². The Labute approximate surface area is 221 Å². The van der Waals surface area contributed by atoms with Gasteiger partial charge < -0.3 is 19.5 Å². The first-order chi connectivity index (χ1) is 17.2. The van der Waals surface area contributed by atoms with Crippen LogP contribution in [0.2, 0.25) is 10.0 Å². The Balaban J connectivity index is 1.68. The van der Waals surface area contributed by atoms with Crippen molar-refractivity contribution in [1.82, 2.24) is 9.88 Å². The molecule has 0 radical (unpaired) electrons. The van der Waals surface area contributed by atoms with Crippen molar-refractivity contribution in [3.05, 3.63) is 55.7 Å². The zero-order chi connectivity index (χ0) is 26.0. The maximum absolute atomic E-state index is 13.8. The Kier molecular flexibility index (Phi) is 8.43. The van der Waals surface area contributed by atoms with Crippen LogP contribution in [0.3, 0.4) is 0 Å². The summed E-state index contributed by atoms with van der Waals surface area (Å²) in [6.07, 6.45) is 3.06. The number of rotatable bonds is 9. The van der Waals surface area contributed by atoms with Crippen molar-refractivity contribution in [2.75, 3.05) is 26.4 Å². The average Bonchev–Trinajstić information content (AvgIpc) is 3.34. The molecule has 1 saturated heterocycles. The minimum atomic E-state index is -1.00. The fourth-order valence-corrected chi connectivity index (χ4v) is 5.76. The fourth-order valence-electron chi connectivity index (χ4n) is 5.08. The van der Waals surface area contributed by atoms with E-state index < -0.39 is 11.9 Å². The molecule has 1 N–H and O–H groups in total. The number of amides is 1. The number of hydrogen-bond acceptors (Lipinski definition) is 5. The van der Waals surface area contributed by atoms with Crippen molar-refractivity contribution in [2.45, 2.75) is 58.9 Å². The zero-order valence-electron chi connectivity index (χ0n) is 20.9. The van der Waals surface area contributed by atoms with Crippen LogP contribution in [0.4, 0.5) is 0 Å². The summed E-state index contributed by atoms with van der Waals surface area (Å²) in [6, 6.07) is 3.60. The molecular weight excluding hydrogens is 503 g/mol. The molecule has 2 aliphatic heterocycles. The van der Waals surface area contributed by atoms with Crippen LogP contribution in [0.5, 0.6) is 5.88 Å². The lowest BCUT2D eigenvalue weighted by atomic mass is 9.83. The number of fused-ring (bicyclic) bond motifs is 1. The first-order valence-electron chi connectivity index (χ1n) is 12.4. The molecule has 7 nitrogen and oxygen atoms in total. The Bertz CT molecular complexity index is 1160. The van der Waals surface area contributed by atoms with Gasteiger partial charge in [-0.2, -0.15) is 0 Å². The van der Waals surface area contributed by atoms with Crippen LogP contribution < -0.4 is 4.74 Å². The summed E-state index contributed by atoms with van der Waals surface area (Å²) in [5.74, 6) is -1.85. The summed E-state index contributed by atoms with van der Waals surface area (Å²) in [6.45, 7) is 8.18. The molecule has 2 unspecified atom stereocenters. The maximum Gasteiger partial charge on any atom is 0.311 e. The molecule has 0 bridgehead atoms. The van der Waals surface area contributed by atoms with Crippen LogP contribution in [-0.4, -0.2) is 53.2 Å². The van der Waals surface area contributed by atoms with Gasteiger partial charge in [-0.15, -0.1) is 0 Å². The second-order valence-electron chi connectivity index (χ2n) is 9.60. The van der Waals surface area contributed by atoms with Gasteiger partial charge in [0.1, 0.15) is 0 Å². The summed E-state index contributed by atoms with van der Waals surface area (Å²) >= 11 is 13.4. The van der Waals surface area contributed by atoms with Crippen molar-refractivity contribution in [3.63, 3.8) is 0 Å². The van der Waals surface area contributed by atoms with Crippen LogP contribution in [0.15, 0.2) is 12.1 Å². The van der Waals surface area contributed by atoms with Crippen LogP contribution >= 0.6 is 23.2 Å². The third kappa shape index (κ3) is 5.34. The zero-order valence-corrected chi connectivity index (χ0v) is 22.4. The molecule has 0 aliphatic carbocycles. The lowest BCUT2D eigenvalue weighted by molar-refractivity contribution is -0.140. The van der Waals surface area contributed by atoms with E-state index in [1.54, 1.807) is 11.0 Å². The summed E-state index contributed by atoms with van der Waals surface area (Å²) in [5, 5.41) is 10.6. The summed E-state index contributed by atoms with van der Waals surface area (Å²) < 4.78 is 11.4. The quantitative estimate of drug-likeness (QED) is 0.422. The van der Waals surface area contributed by atoms with E-state index in [2.05, 4.69) is 11.9 Å². The van der Waals surface area contributed by atoms with Crippen molar-refractivity contribution in [1.29, 1.82) is 0 Å². The Morgan fingerprint density at radius 2 is 2.11 bits per heavy atom. The molecule has 1 fully saturated rings. The monoisotopic (exact) mass is 534 g/mol. The van der Waals surface area contributed by atoms with E-state index >= 15 is 0 Å². The van der Waals surface area contributed by atoms with E-state index in [4.69, 9.17) is 32.7 Å².